The van der Waals surface area contributed by atoms with Crippen molar-refractivity contribution in [2.75, 3.05) is 6.61 Å². The number of hydrogen-bond acceptors (Lipinski definition) is 6. The van der Waals surface area contributed by atoms with Crippen LogP contribution in [0.25, 0.3) is 27.9 Å². The molecule has 3 heterocycles. The second-order valence-corrected chi connectivity index (χ2v) is 6.33. The van der Waals surface area contributed by atoms with Crippen LogP contribution in [-0.2, 0) is 6.54 Å². The number of rotatable bonds is 4. The van der Waals surface area contributed by atoms with E-state index < -0.39 is 0 Å². The van der Waals surface area contributed by atoms with E-state index in [9.17, 15) is 4.79 Å². The second-order valence-electron chi connectivity index (χ2n) is 5.90. The molecular formula is C17H15ClN6O2. The zero-order valence-electron chi connectivity index (χ0n) is 13.9. The third kappa shape index (κ3) is 2.63. The molecule has 0 aliphatic rings. The fourth-order valence-electron chi connectivity index (χ4n) is 2.92. The predicted octanol–water partition coefficient (Wildman–Crippen LogP) is 1.85. The fourth-order valence-corrected chi connectivity index (χ4v) is 3.05. The third-order valence-corrected chi connectivity index (χ3v) is 4.42. The van der Waals surface area contributed by atoms with Gasteiger partial charge in [-0.05, 0) is 31.0 Å². The molecule has 0 aliphatic heterocycles. The van der Waals surface area contributed by atoms with Gasteiger partial charge in [-0.1, -0.05) is 23.7 Å². The maximum absolute atomic E-state index is 12.6. The lowest BCUT2D eigenvalue weighted by Gasteiger charge is -2.05. The van der Waals surface area contributed by atoms with Crippen LogP contribution in [0.5, 0.6) is 0 Å². The van der Waals surface area contributed by atoms with Gasteiger partial charge in [-0.3, -0.25) is 9.36 Å². The molecule has 4 aromatic rings. The van der Waals surface area contributed by atoms with Crippen molar-refractivity contribution in [3.63, 3.8) is 0 Å². The quantitative estimate of drug-likeness (QED) is 0.588. The van der Waals surface area contributed by atoms with Gasteiger partial charge in [0.25, 0.3) is 5.56 Å². The van der Waals surface area contributed by atoms with Gasteiger partial charge in [-0.2, -0.15) is 9.61 Å². The number of benzene rings is 1. The molecule has 0 saturated carbocycles. The maximum Gasteiger partial charge on any atom is 0.283 e. The van der Waals surface area contributed by atoms with Gasteiger partial charge in [0.1, 0.15) is 6.33 Å². The van der Waals surface area contributed by atoms with Crippen LogP contribution in [-0.4, -0.2) is 41.1 Å². The van der Waals surface area contributed by atoms with Crippen molar-refractivity contribution < 1.29 is 5.11 Å². The lowest BCUT2D eigenvalue weighted by molar-refractivity contribution is 0.279. The molecule has 0 amide bonds. The molecule has 0 spiro atoms. The van der Waals surface area contributed by atoms with E-state index in [1.165, 1.54) is 10.9 Å². The molecule has 132 valence electrons. The van der Waals surface area contributed by atoms with E-state index in [0.29, 0.717) is 29.3 Å². The van der Waals surface area contributed by atoms with Crippen LogP contribution in [0.1, 0.15) is 12.1 Å². The smallest absolute Gasteiger partial charge is 0.283 e. The monoisotopic (exact) mass is 370 g/mol. The van der Waals surface area contributed by atoms with Crippen molar-refractivity contribution in [2.45, 2.75) is 19.9 Å². The van der Waals surface area contributed by atoms with Crippen molar-refractivity contribution in [1.82, 2.24) is 29.4 Å². The highest BCUT2D eigenvalue weighted by atomic mass is 35.5. The molecule has 9 heteroatoms. The number of fused-ring (bicyclic) bond motifs is 3. The molecule has 0 bridgehead atoms. The molecule has 1 N–H and O–H groups in total. The van der Waals surface area contributed by atoms with Crippen LogP contribution < -0.4 is 5.56 Å². The minimum absolute atomic E-state index is 0.00199. The van der Waals surface area contributed by atoms with E-state index in [-0.39, 0.29) is 17.7 Å². The van der Waals surface area contributed by atoms with Gasteiger partial charge in [-0.15, -0.1) is 10.2 Å². The summed E-state index contributed by atoms with van der Waals surface area (Å²) in [4.78, 5) is 16.9. The Bertz CT molecular complexity index is 1170. The van der Waals surface area contributed by atoms with Gasteiger partial charge in [0, 0.05) is 18.2 Å². The minimum Gasteiger partial charge on any atom is -0.396 e. The third-order valence-electron chi connectivity index (χ3n) is 4.17. The van der Waals surface area contributed by atoms with Crippen molar-refractivity contribution >= 4 is 28.4 Å². The van der Waals surface area contributed by atoms with Gasteiger partial charge in [0.05, 0.1) is 11.3 Å². The Balaban J connectivity index is 1.94. The van der Waals surface area contributed by atoms with Crippen molar-refractivity contribution in [3.8, 4) is 11.1 Å². The molecular weight excluding hydrogens is 356 g/mol. The van der Waals surface area contributed by atoms with Crippen molar-refractivity contribution in [3.05, 3.63) is 51.7 Å². The zero-order chi connectivity index (χ0) is 18.3. The highest BCUT2D eigenvalue weighted by molar-refractivity contribution is 6.30. The van der Waals surface area contributed by atoms with Crippen LogP contribution in [0.3, 0.4) is 0 Å². The number of aliphatic hydroxyl groups is 1. The number of halogens is 1. The van der Waals surface area contributed by atoms with Gasteiger partial charge in [0.2, 0.25) is 0 Å². The van der Waals surface area contributed by atoms with E-state index in [4.69, 9.17) is 16.7 Å². The van der Waals surface area contributed by atoms with Gasteiger partial charge in [-0.25, -0.2) is 4.98 Å². The summed E-state index contributed by atoms with van der Waals surface area (Å²) in [5.74, 6) is 0. The summed E-state index contributed by atoms with van der Waals surface area (Å²) in [5.41, 5.74) is 3.19. The van der Waals surface area contributed by atoms with Crippen LogP contribution in [0.15, 0.2) is 35.4 Å². The fraction of sp³-hybridized carbons (Fsp3) is 0.235. The molecule has 3 aromatic heterocycles. The lowest BCUT2D eigenvalue weighted by Crippen LogP contribution is -2.23. The summed E-state index contributed by atoms with van der Waals surface area (Å²) in [7, 11) is 0. The Morgan fingerprint density at radius 3 is 2.65 bits per heavy atom. The van der Waals surface area contributed by atoms with Gasteiger partial charge in [0.15, 0.2) is 16.8 Å². The summed E-state index contributed by atoms with van der Waals surface area (Å²) < 4.78 is 2.95. The summed E-state index contributed by atoms with van der Waals surface area (Å²) in [6.07, 6.45) is 1.91. The Labute approximate surface area is 152 Å². The standard InChI is InChI=1S/C17H15ClN6O2/c1-10-13(11-3-5-12(18)6-4-11)15-21-20-14-16(24(15)22-10)19-9-23(17(14)26)7-2-8-25/h3-6,9,25H,2,7-8H2,1H3. The van der Waals surface area contributed by atoms with Crippen LogP contribution in [0.2, 0.25) is 5.02 Å². The van der Waals surface area contributed by atoms with E-state index in [2.05, 4.69) is 20.3 Å². The molecule has 0 unspecified atom stereocenters. The molecule has 0 atom stereocenters. The highest BCUT2D eigenvalue weighted by Crippen LogP contribution is 2.28. The van der Waals surface area contributed by atoms with E-state index in [1.807, 2.05) is 19.1 Å². The molecule has 26 heavy (non-hydrogen) atoms. The molecule has 0 radical (unpaired) electrons. The molecule has 8 nitrogen and oxygen atoms in total. The minimum atomic E-state index is -0.306. The summed E-state index contributed by atoms with van der Waals surface area (Å²) in [6, 6.07) is 7.37. The first-order valence-electron chi connectivity index (χ1n) is 8.08. The van der Waals surface area contributed by atoms with Crippen molar-refractivity contribution in [1.29, 1.82) is 0 Å². The van der Waals surface area contributed by atoms with E-state index in [0.717, 1.165) is 16.8 Å². The van der Waals surface area contributed by atoms with Crippen LogP contribution in [0, 0.1) is 6.92 Å². The Morgan fingerprint density at radius 2 is 1.92 bits per heavy atom. The summed E-state index contributed by atoms with van der Waals surface area (Å²) in [6.45, 7) is 2.23. The normalized spacial score (nSPS) is 11.5. The number of aryl methyl sites for hydroxylation is 2. The lowest BCUT2D eigenvalue weighted by atomic mass is 10.1. The van der Waals surface area contributed by atoms with Crippen LogP contribution >= 0.6 is 11.6 Å². The molecule has 1 aromatic carbocycles. The largest absolute Gasteiger partial charge is 0.396 e. The van der Waals surface area contributed by atoms with E-state index in [1.54, 1.807) is 16.6 Å². The molecule has 0 fully saturated rings. The number of aromatic nitrogens is 6. The first-order chi connectivity index (χ1) is 12.6. The second kappa shape index (κ2) is 6.47. The Kier molecular flexibility index (Phi) is 4.14. The summed E-state index contributed by atoms with van der Waals surface area (Å²) in [5, 5.41) is 22.4. The molecule has 4 rings (SSSR count). The van der Waals surface area contributed by atoms with Gasteiger partial charge < -0.3 is 5.11 Å². The summed E-state index contributed by atoms with van der Waals surface area (Å²) >= 11 is 5.97. The zero-order valence-corrected chi connectivity index (χ0v) is 14.7. The molecule has 0 saturated heterocycles. The Morgan fingerprint density at radius 1 is 1.15 bits per heavy atom. The van der Waals surface area contributed by atoms with Crippen LogP contribution in [0.4, 0.5) is 0 Å². The Hall–Kier alpha value is -2.84. The molecule has 0 aliphatic carbocycles. The maximum atomic E-state index is 12.6. The van der Waals surface area contributed by atoms with E-state index >= 15 is 0 Å². The predicted molar refractivity (Wildman–Crippen MR) is 97.2 cm³/mol. The average Bonchev–Trinajstić information content (AvgIpc) is 2.98. The average molecular weight is 371 g/mol. The first-order valence-corrected chi connectivity index (χ1v) is 8.46. The topological polar surface area (TPSA) is 98.2 Å². The van der Waals surface area contributed by atoms with Gasteiger partial charge >= 0.3 is 0 Å². The SMILES string of the molecule is Cc1nn2c(nnc3c(=O)n(CCCO)cnc32)c1-c1ccc(Cl)cc1. The first kappa shape index (κ1) is 16.6. The number of nitrogens with zero attached hydrogens (tertiary/aromatic N) is 6. The highest BCUT2D eigenvalue weighted by Gasteiger charge is 2.18. The number of hydrogen-bond donors (Lipinski definition) is 1. The van der Waals surface area contributed by atoms with Crippen molar-refractivity contribution in [2.24, 2.45) is 0 Å². The number of aliphatic hydroxyl groups excluding tert-OH is 1.